The highest BCUT2D eigenvalue weighted by atomic mass is 16.6. The monoisotopic (exact) mass is 949 g/mol. The Morgan fingerprint density at radius 2 is 0.588 bits per heavy atom. The first-order valence-corrected chi connectivity index (χ1v) is 28.9. The van der Waals surface area contributed by atoms with Crippen molar-refractivity contribution in [3.8, 4) is 0 Å². The molecule has 0 fully saturated rings. The first kappa shape index (κ1) is 64.8. The first-order chi connectivity index (χ1) is 33.5. The zero-order valence-electron chi connectivity index (χ0n) is 44.9. The second-order valence-corrected chi connectivity index (χ2v) is 19.2. The van der Waals surface area contributed by atoms with Gasteiger partial charge >= 0.3 is 17.9 Å². The fourth-order valence-electron chi connectivity index (χ4n) is 8.10. The van der Waals surface area contributed by atoms with Gasteiger partial charge in [0.2, 0.25) is 0 Å². The Labute approximate surface area is 421 Å². The van der Waals surface area contributed by atoms with Crippen molar-refractivity contribution in [1.82, 2.24) is 0 Å². The molecule has 0 N–H and O–H groups in total. The van der Waals surface area contributed by atoms with E-state index in [1.54, 1.807) is 0 Å². The lowest BCUT2D eigenvalue weighted by atomic mass is 10.0. The summed E-state index contributed by atoms with van der Waals surface area (Å²) >= 11 is 0. The molecule has 0 heterocycles. The van der Waals surface area contributed by atoms with Gasteiger partial charge in [0, 0.05) is 19.3 Å². The molecule has 0 aliphatic rings. The molecular weight excluding hydrogens is 841 g/mol. The van der Waals surface area contributed by atoms with Gasteiger partial charge in [0.05, 0.1) is 0 Å². The fraction of sp³-hybridized carbons (Fsp3) is 0.758. The summed E-state index contributed by atoms with van der Waals surface area (Å²) in [5.41, 5.74) is 0. The van der Waals surface area contributed by atoms with Crippen LogP contribution in [-0.4, -0.2) is 37.2 Å². The molecule has 68 heavy (non-hydrogen) atoms. The van der Waals surface area contributed by atoms with Crippen LogP contribution in [0.25, 0.3) is 0 Å². The van der Waals surface area contributed by atoms with Crippen LogP contribution in [0.15, 0.2) is 72.9 Å². The lowest BCUT2D eigenvalue weighted by Crippen LogP contribution is -2.30. The Morgan fingerprint density at radius 3 is 0.956 bits per heavy atom. The predicted octanol–water partition coefficient (Wildman–Crippen LogP) is 19.4. The third kappa shape index (κ3) is 53.8. The third-order valence-electron chi connectivity index (χ3n) is 12.4. The van der Waals surface area contributed by atoms with Crippen molar-refractivity contribution < 1.29 is 28.6 Å². The van der Waals surface area contributed by atoms with E-state index in [0.29, 0.717) is 19.3 Å². The SMILES string of the molecule is CC/C=C\C/C=C\C/C=C\C/C=C\C/C=C\CCCCCCCC(=O)OCC(COC(=O)CCCCCCC/C=C\CCCC)OC(=O)CCCCCCCCCCCCCCCCCCCC. The van der Waals surface area contributed by atoms with Gasteiger partial charge in [0.1, 0.15) is 13.2 Å². The molecule has 1 unspecified atom stereocenters. The predicted molar refractivity (Wildman–Crippen MR) is 293 cm³/mol. The van der Waals surface area contributed by atoms with E-state index >= 15 is 0 Å². The lowest BCUT2D eigenvalue weighted by molar-refractivity contribution is -0.167. The van der Waals surface area contributed by atoms with E-state index in [9.17, 15) is 14.4 Å². The number of hydrogen-bond donors (Lipinski definition) is 0. The normalized spacial score (nSPS) is 12.6. The molecule has 6 nitrogen and oxygen atoms in total. The van der Waals surface area contributed by atoms with E-state index < -0.39 is 6.10 Å². The summed E-state index contributed by atoms with van der Waals surface area (Å²) in [5, 5.41) is 0. The molecule has 0 rings (SSSR count). The molecule has 0 aromatic carbocycles. The molecule has 0 aliphatic carbocycles. The van der Waals surface area contributed by atoms with E-state index in [0.717, 1.165) is 116 Å². The van der Waals surface area contributed by atoms with Crippen LogP contribution < -0.4 is 0 Å². The number of esters is 3. The maximum Gasteiger partial charge on any atom is 0.306 e. The molecule has 0 aromatic heterocycles. The number of unbranched alkanes of at least 4 members (excludes halogenated alkanes) is 29. The largest absolute Gasteiger partial charge is 0.462 e. The number of ether oxygens (including phenoxy) is 3. The van der Waals surface area contributed by atoms with E-state index in [1.807, 2.05) is 0 Å². The molecule has 0 radical (unpaired) electrons. The number of rotatable bonds is 52. The third-order valence-corrected chi connectivity index (χ3v) is 12.4. The molecule has 0 saturated heterocycles. The number of allylic oxidation sites excluding steroid dienone is 12. The van der Waals surface area contributed by atoms with Crippen molar-refractivity contribution in [3.63, 3.8) is 0 Å². The van der Waals surface area contributed by atoms with E-state index in [4.69, 9.17) is 14.2 Å². The molecular formula is C62H108O6. The van der Waals surface area contributed by atoms with Gasteiger partial charge in [-0.15, -0.1) is 0 Å². The summed E-state index contributed by atoms with van der Waals surface area (Å²) < 4.78 is 16.8. The smallest absolute Gasteiger partial charge is 0.306 e. The zero-order valence-corrected chi connectivity index (χ0v) is 44.9. The molecule has 0 aromatic rings. The first-order valence-electron chi connectivity index (χ1n) is 28.9. The van der Waals surface area contributed by atoms with Crippen LogP contribution in [0, 0.1) is 0 Å². The van der Waals surface area contributed by atoms with E-state index in [-0.39, 0.29) is 31.1 Å². The van der Waals surface area contributed by atoms with Crippen LogP contribution in [0.4, 0.5) is 0 Å². The van der Waals surface area contributed by atoms with Crippen LogP contribution in [-0.2, 0) is 28.6 Å². The van der Waals surface area contributed by atoms with Crippen molar-refractivity contribution in [2.24, 2.45) is 0 Å². The number of hydrogen-bond acceptors (Lipinski definition) is 6. The second-order valence-electron chi connectivity index (χ2n) is 19.2. The second kappa shape index (κ2) is 56.4. The summed E-state index contributed by atoms with van der Waals surface area (Å²) in [7, 11) is 0. The average Bonchev–Trinajstić information content (AvgIpc) is 3.34. The number of carbonyl (C=O) groups is 3. The van der Waals surface area contributed by atoms with Crippen molar-refractivity contribution in [3.05, 3.63) is 72.9 Å². The van der Waals surface area contributed by atoms with Gasteiger partial charge in [-0.1, -0.05) is 254 Å². The summed E-state index contributed by atoms with van der Waals surface area (Å²) in [6.45, 7) is 6.49. The van der Waals surface area contributed by atoms with Gasteiger partial charge in [-0.05, 0) is 83.5 Å². The Hall–Kier alpha value is -3.15. The molecule has 6 heteroatoms. The van der Waals surface area contributed by atoms with Crippen molar-refractivity contribution in [2.45, 2.75) is 290 Å². The van der Waals surface area contributed by atoms with Crippen molar-refractivity contribution in [2.75, 3.05) is 13.2 Å². The number of carbonyl (C=O) groups excluding carboxylic acids is 3. The Balaban J connectivity index is 4.35. The minimum absolute atomic E-state index is 0.0841. The summed E-state index contributed by atoms with van der Waals surface area (Å²) in [6.07, 6.45) is 71.8. The maximum absolute atomic E-state index is 12.9. The van der Waals surface area contributed by atoms with Crippen molar-refractivity contribution >= 4 is 17.9 Å². The molecule has 1 atom stereocenters. The van der Waals surface area contributed by atoms with Crippen molar-refractivity contribution in [1.29, 1.82) is 0 Å². The fourth-order valence-corrected chi connectivity index (χ4v) is 8.10. The van der Waals surface area contributed by atoms with Gasteiger partial charge < -0.3 is 14.2 Å². The Morgan fingerprint density at radius 1 is 0.309 bits per heavy atom. The van der Waals surface area contributed by atoms with Gasteiger partial charge in [0.25, 0.3) is 0 Å². The van der Waals surface area contributed by atoms with Gasteiger partial charge in [0.15, 0.2) is 6.10 Å². The maximum atomic E-state index is 12.9. The molecule has 0 spiro atoms. The molecule has 0 amide bonds. The highest BCUT2D eigenvalue weighted by Crippen LogP contribution is 2.16. The minimum atomic E-state index is -0.785. The quantitative estimate of drug-likeness (QED) is 0.0262. The van der Waals surface area contributed by atoms with Crippen LogP contribution in [0.1, 0.15) is 284 Å². The summed E-state index contributed by atoms with van der Waals surface area (Å²) in [5.74, 6) is -0.902. The molecule has 392 valence electrons. The minimum Gasteiger partial charge on any atom is -0.462 e. The summed E-state index contributed by atoms with van der Waals surface area (Å²) in [6, 6.07) is 0. The van der Waals surface area contributed by atoms with Crippen LogP contribution >= 0.6 is 0 Å². The van der Waals surface area contributed by atoms with Gasteiger partial charge in [-0.2, -0.15) is 0 Å². The van der Waals surface area contributed by atoms with Crippen LogP contribution in [0.5, 0.6) is 0 Å². The Kier molecular flexibility index (Phi) is 53.8. The zero-order chi connectivity index (χ0) is 49.3. The molecule has 0 aliphatic heterocycles. The highest BCUT2D eigenvalue weighted by Gasteiger charge is 2.19. The summed E-state index contributed by atoms with van der Waals surface area (Å²) in [4.78, 5) is 38.1. The van der Waals surface area contributed by atoms with Crippen LogP contribution in [0.2, 0.25) is 0 Å². The van der Waals surface area contributed by atoms with E-state index in [1.165, 1.54) is 128 Å². The van der Waals surface area contributed by atoms with Gasteiger partial charge in [-0.25, -0.2) is 0 Å². The highest BCUT2D eigenvalue weighted by molar-refractivity contribution is 5.71. The van der Waals surface area contributed by atoms with E-state index in [2.05, 4.69) is 93.7 Å². The standard InChI is InChI=1S/C62H108O6/c1-4-7-10-13-16-19-22-24-26-28-30-31-32-34-35-37-40-43-46-49-52-55-61(64)67-58-59(57-66-60(63)54-51-48-45-42-39-21-18-15-12-9-6-3)68-62(65)56-53-50-47-44-41-38-36-33-29-27-25-23-20-17-14-11-8-5-2/h7,10,15-16,18-19,24,26,30-31,34-35,59H,4-6,8-9,11-14,17,20-23,25,27-29,32-33,36-58H2,1-3H3/b10-7-,18-15-,19-16-,26-24-,31-30-,35-34-. The molecule has 0 bridgehead atoms. The van der Waals surface area contributed by atoms with Gasteiger partial charge in [-0.3, -0.25) is 14.4 Å². The lowest BCUT2D eigenvalue weighted by Gasteiger charge is -2.18. The topological polar surface area (TPSA) is 78.9 Å². The average molecular weight is 950 g/mol. The Bertz CT molecular complexity index is 1270. The molecule has 0 saturated carbocycles. The van der Waals surface area contributed by atoms with Crippen LogP contribution in [0.3, 0.4) is 0 Å².